The molecule has 0 aromatic heterocycles. The van der Waals surface area contributed by atoms with E-state index in [2.05, 4.69) is 5.32 Å². The summed E-state index contributed by atoms with van der Waals surface area (Å²) in [5.41, 5.74) is 6.51. The van der Waals surface area contributed by atoms with Crippen molar-refractivity contribution in [2.45, 2.75) is 44.0 Å². The Kier molecular flexibility index (Phi) is 7.66. The summed E-state index contributed by atoms with van der Waals surface area (Å²) in [6.07, 6.45) is 2.79. The molecule has 24 heavy (non-hydrogen) atoms. The number of rotatable bonds is 5. The molecular formula is C16H26ClN3O3S. The maximum Gasteiger partial charge on any atom is 0.251 e. The molecule has 1 amide bonds. The third-order valence-electron chi connectivity index (χ3n) is 4.23. The summed E-state index contributed by atoms with van der Waals surface area (Å²) in [7, 11) is -3.58. The third kappa shape index (κ3) is 4.47. The predicted molar refractivity (Wildman–Crippen MR) is 97.0 cm³/mol. The number of hydrogen-bond donors (Lipinski definition) is 2. The molecule has 0 aliphatic carbocycles. The van der Waals surface area contributed by atoms with Crippen molar-refractivity contribution in [3.8, 4) is 0 Å². The molecule has 1 heterocycles. The molecule has 0 bridgehead atoms. The van der Waals surface area contributed by atoms with Crippen molar-refractivity contribution in [1.29, 1.82) is 0 Å². The zero-order valence-electron chi connectivity index (χ0n) is 14.1. The minimum Gasteiger partial charge on any atom is -0.351 e. The molecule has 136 valence electrons. The summed E-state index contributed by atoms with van der Waals surface area (Å²) < 4.78 is 27.3. The van der Waals surface area contributed by atoms with E-state index in [9.17, 15) is 13.2 Å². The molecule has 1 aliphatic heterocycles. The second kappa shape index (κ2) is 8.80. The highest BCUT2D eigenvalue weighted by atomic mass is 35.5. The van der Waals surface area contributed by atoms with Crippen LogP contribution in [0.25, 0.3) is 0 Å². The molecule has 1 aromatic carbocycles. The Balaban J connectivity index is 0.00000288. The van der Waals surface area contributed by atoms with Crippen molar-refractivity contribution in [2.24, 2.45) is 5.73 Å². The third-order valence-corrected chi connectivity index (χ3v) is 6.24. The average Bonchev–Trinajstić information content (AvgIpc) is 2.53. The number of nitrogens with one attached hydrogen (secondary N) is 1. The molecule has 0 spiro atoms. The van der Waals surface area contributed by atoms with E-state index >= 15 is 0 Å². The first-order valence-corrected chi connectivity index (χ1v) is 9.42. The number of aryl methyl sites for hydroxylation is 1. The van der Waals surface area contributed by atoms with Crippen LogP contribution in [0.1, 0.15) is 42.1 Å². The van der Waals surface area contributed by atoms with Crippen molar-refractivity contribution < 1.29 is 13.2 Å². The van der Waals surface area contributed by atoms with Gasteiger partial charge in [0.2, 0.25) is 10.0 Å². The zero-order valence-corrected chi connectivity index (χ0v) is 15.8. The summed E-state index contributed by atoms with van der Waals surface area (Å²) >= 11 is 0. The van der Waals surface area contributed by atoms with E-state index in [1.54, 1.807) is 23.4 Å². The van der Waals surface area contributed by atoms with Gasteiger partial charge in [0.05, 0.1) is 4.90 Å². The van der Waals surface area contributed by atoms with Crippen LogP contribution in [0.5, 0.6) is 0 Å². The minimum absolute atomic E-state index is 0. The molecule has 0 saturated carbocycles. The first-order valence-electron chi connectivity index (χ1n) is 7.98. The first-order chi connectivity index (χ1) is 10.9. The van der Waals surface area contributed by atoms with Crippen LogP contribution in [0, 0.1) is 6.92 Å². The van der Waals surface area contributed by atoms with Crippen LogP contribution in [-0.2, 0) is 10.0 Å². The van der Waals surface area contributed by atoms with Gasteiger partial charge in [-0.2, -0.15) is 4.31 Å². The van der Waals surface area contributed by atoms with Crippen LogP contribution in [0.3, 0.4) is 0 Å². The topological polar surface area (TPSA) is 92.5 Å². The van der Waals surface area contributed by atoms with Crippen molar-refractivity contribution in [2.75, 3.05) is 19.6 Å². The van der Waals surface area contributed by atoms with Gasteiger partial charge in [0.15, 0.2) is 0 Å². The van der Waals surface area contributed by atoms with Crippen molar-refractivity contribution in [3.05, 3.63) is 29.3 Å². The van der Waals surface area contributed by atoms with Crippen LogP contribution in [0.15, 0.2) is 23.1 Å². The lowest BCUT2D eigenvalue weighted by molar-refractivity contribution is 0.0954. The summed E-state index contributed by atoms with van der Waals surface area (Å²) in [6, 6.07) is 4.71. The van der Waals surface area contributed by atoms with E-state index < -0.39 is 10.0 Å². The maximum atomic E-state index is 12.9. The normalized spacial score (nSPS) is 18.7. The lowest BCUT2D eigenvalue weighted by atomic mass is 10.1. The monoisotopic (exact) mass is 375 g/mol. The van der Waals surface area contributed by atoms with E-state index in [1.165, 1.54) is 6.07 Å². The quantitative estimate of drug-likeness (QED) is 0.818. The Morgan fingerprint density at radius 3 is 2.71 bits per heavy atom. The van der Waals surface area contributed by atoms with E-state index in [0.717, 1.165) is 24.8 Å². The van der Waals surface area contributed by atoms with E-state index in [4.69, 9.17) is 5.73 Å². The van der Waals surface area contributed by atoms with Crippen LogP contribution in [0.2, 0.25) is 0 Å². The second-order valence-electron chi connectivity index (χ2n) is 5.98. The highest BCUT2D eigenvalue weighted by Gasteiger charge is 2.31. The fourth-order valence-corrected chi connectivity index (χ4v) is 4.58. The molecule has 2 rings (SSSR count). The standard InChI is InChI=1S/C16H25N3O3S.ClH/c1-12-6-7-14(11-15(12)16(20)18-9-8-17)23(21,22)19-10-4-3-5-13(19)2;/h6-7,11,13H,3-5,8-10,17H2,1-2H3,(H,18,20);1H. The van der Waals surface area contributed by atoms with E-state index in [0.29, 0.717) is 25.2 Å². The SMILES string of the molecule is Cc1ccc(S(=O)(=O)N2CCCCC2C)cc1C(=O)NCCN.Cl. The molecule has 1 aliphatic rings. The van der Waals surface area contributed by atoms with E-state index in [-0.39, 0.29) is 29.3 Å². The number of carbonyl (C=O) groups excluding carboxylic acids is 1. The van der Waals surface area contributed by atoms with E-state index in [1.807, 2.05) is 6.92 Å². The number of amides is 1. The largest absolute Gasteiger partial charge is 0.351 e. The van der Waals surface area contributed by atoms with Crippen molar-refractivity contribution in [1.82, 2.24) is 9.62 Å². The second-order valence-corrected chi connectivity index (χ2v) is 7.87. The number of halogens is 1. The summed E-state index contributed by atoms with van der Waals surface area (Å²) in [5.74, 6) is -0.295. The van der Waals surface area contributed by atoms with Gasteiger partial charge in [-0.3, -0.25) is 4.79 Å². The highest BCUT2D eigenvalue weighted by Crippen LogP contribution is 2.26. The van der Waals surface area contributed by atoms with Gasteiger partial charge in [0.1, 0.15) is 0 Å². The van der Waals surface area contributed by atoms with Crippen LogP contribution in [-0.4, -0.2) is 44.3 Å². The molecule has 1 unspecified atom stereocenters. The minimum atomic E-state index is -3.58. The Bertz CT molecular complexity index is 679. The van der Waals surface area contributed by atoms with Gasteiger partial charge in [-0.05, 0) is 44.4 Å². The summed E-state index contributed by atoms with van der Waals surface area (Å²) in [4.78, 5) is 12.3. The number of piperidine rings is 1. The smallest absolute Gasteiger partial charge is 0.251 e. The van der Waals surface area contributed by atoms with Crippen LogP contribution >= 0.6 is 12.4 Å². The number of benzene rings is 1. The number of carbonyl (C=O) groups is 1. The molecule has 1 atom stereocenters. The molecule has 6 nitrogen and oxygen atoms in total. The van der Waals surface area contributed by atoms with Gasteiger partial charge < -0.3 is 11.1 Å². The molecule has 1 saturated heterocycles. The van der Waals surface area contributed by atoms with Crippen LogP contribution in [0.4, 0.5) is 0 Å². The van der Waals surface area contributed by atoms with Gasteiger partial charge in [-0.1, -0.05) is 12.5 Å². The highest BCUT2D eigenvalue weighted by molar-refractivity contribution is 7.89. The Morgan fingerprint density at radius 2 is 2.08 bits per heavy atom. The number of hydrogen-bond acceptors (Lipinski definition) is 4. The summed E-state index contributed by atoms with van der Waals surface area (Å²) in [6.45, 7) is 4.95. The van der Waals surface area contributed by atoms with Crippen molar-refractivity contribution in [3.63, 3.8) is 0 Å². The Labute approximate surface area is 150 Å². The number of nitrogens with zero attached hydrogens (tertiary/aromatic N) is 1. The molecular weight excluding hydrogens is 350 g/mol. The Morgan fingerprint density at radius 1 is 1.38 bits per heavy atom. The molecule has 3 N–H and O–H groups in total. The fourth-order valence-electron chi connectivity index (χ4n) is 2.85. The van der Waals surface area contributed by atoms with Crippen molar-refractivity contribution >= 4 is 28.3 Å². The molecule has 1 aromatic rings. The summed E-state index contributed by atoms with van der Waals surface area (Å²) in [5, 5.41) is 2.68. The van der Waals surface area contributed by atoms with Gasteiger partial charge >= 0.3 is 0 Å². The Hall–Kier alpha value is -1.15. The van der Waals surface area contributed by atoms with Gasteiger partial charge in [-0.25, -0.2) is 8.42 Å². The molecule has 1 fully saturated rings. The average molecular weight is 376 g/mol. The maximum absolute atomic E-state index is 12.9. The molecule has 8 heteroatoms. The lowest BCUT2D eigenvalue weighted by Crippen LogP contribution is -2.42. The molecule has 0 radical (unpaired) electrons. The van der Waals surface area contributed by atoms with Crippen LogP contribution < -0.4 is 11.1 Å². The number of nitrogens with two attached hydrogens (primary N) is 1. The fraction of sp³-hybridized carbons (Fsp3) is 0.562. The lowest BCUT2D eigenvalue weighted by Gasteiger charge is -2.32. The zero-order chi connectivity index (χ0) is 17.0. The van der Waals surface area contributed by atoms with Gasteiger partial charge in [0, 0.05) is 31.2 Å². The first kappa shape index (κ1) is 20.9. The van der Waals surface area contributed by atoms with Gasteiger partial charge in [0.25, 0.3) is 5.91 Å². The number of sulfonamides is 1. The predicted octanol–water partition coefficient (Wildman–Crippen LogP) is 1.67. The van der Waals surface area contributed by atoms with Gasteiger partial charge in [-0.15, -0.1) is 12.4 Å².